The van der Waals surface area contributed by atoms with Crippen molar-refractivity contribution in [3.05, 3.63) is 47.5 Å². The van der Waals surface area contributed by atoms with E-state index in [-0.39, 0.29) is 23.6 Å². The fourth-order valence-corrected chi connectivity index (χ4v) is 2.47. The number of carbonyl (C=O) groups excluding carboxylic acids is 2. The van der Waals surface area contributed by atoms with Crippen LogP contribution in [0.15, 0.2) is 30.6 Å². The molecule has 0 spiro atoms. The summed E-state index contributed by atoms with van der Waals surface area (Å²) in [5.41, 5.74) is 2.21. The molecule has 0 saturated heterocycles. The predicted molar refractivity (Wildman–Crippen MR) is 78.3 cm³/mol. The second-order valence-electron chi connectivity index (χ2n) is 5.29. The van der Waals surface area contributed by atoms with Crippen molar-refractivity contribution in [2.24, 2.45) is 0 Å². The van der Waals surface area contributed by atoms with Crippen molar-refractivity contribution in [1.29, 1.82) is 0 Å². The summed E-state index contributed by atoms with van der Waals surface area (Å²) in [5, 5.41) is 5.58. The Morgan fingerprint density at radius 3 is 3.05 bits per heavy atom. The molecule has 2 amide bonds. The zero-order valence-electron chi connectivity index (χ0n) is 11.9. The number of aryl methyl sites for hydroxylation is 1. The van der Waals surface area contributed by atoms with Crippen LogP contribution >= 0.6 is 0 Å². The number of nitrogens with one attached hydrogen (secondary N) is 2. The fraction of sp³-hybridized carbons (Fsp3) is 0.267. The molecule has 0 unspecified atom stereocenters. The first-order chi connectivity index (χ1) is 10.0. The highest BCUT2D eigenvalue weighted by Crippen LogP contribution is 2.16. The average Bonchev–Trinajstić information content (AvgIpc) is 2.82. The summed E-state index contributed by atoms with van der Waals surface area (Å²) in [6.07, 6.45) is 1.54. The number of imidazole rings is 1. The van der Waals surface area contributed by atoms with Crippen LogP contribution in [-0.2, 0) is 6.54 Å². The maximum atomic E-state index is 12.3. The van der Waals surface area contributed by atoms with Crippen LogP contribution < -0.4 is 10.6 Å². The molecule has 6 heteroatoms. The van der Waals surface area contributed by atoms with Crippen LogP contribution in [0.4, 0.5) is 5.69 Å². The third-order valence-electron chi connectivity index (χ3n) is 3.39. The van der Waals surface area contributed by atoms with Crippen LogP contribution in [0.1, 0.15) is 33.5 Å². The topological polar surface area (TPSA) is 76.0 Å². The summed E-state index contributed by atoms with van der Waals surface area (Å²) in [6.45, 7) is 4.47. The Hall–Kier alpha value is -2.63. The number of hydrogen-bond acceptors (Lipinski definition) is 3. The lowest BCUT2D eigenvalue weighted by Crippen LogP contribution is -2.42. The summed E-state index contributed by atoms with van der Waals surface area (Å²) in [4.78, 5) is 28.4. The Morgan fingerprint density at radius 1 is 1.48 bits per heavy atom. The van der Waals surface area contributed by atoms with Gasteiger partial charge in [0.15, 0.2) is 5.69 Å². The maximum absolute atomic E-state index is 12.3. The molecule has 6 nitrogen and oxygen atoms in total. The van der Waals surface area contributed by atoms with E-state index in [1.165, 1.54) is 6.33 Å². The molecule has 1 aliphatic rings. The van der Waals surface area contributed by atoms with E-state index in [1.807, 2.05) is 32.0 Å². The Balaban J connectivity index is 1.88. The fourth-order valence-electron chi connectivity index (χ4n) is 2.47. The molecule has 1 aliphatic heterocycles. The quantitative estimate of drug-likeness (QED) is 0.879. The van der Waals surface area contributed by atoms with E-state index in [0.717, 1.165) is 5.56 Å². The number of fused-ring (bicyclic) bond motifs is 1. The van der Waals surface area contributed by atoms with Crippen molar-refractivity contribution in [2.75, 3.05) is 5.32 Å². The van der Waals surface area contributed by atoms with E-state index in [0.29, 0.717) is 17.9 Å². The van der Waals surface area contributed by atoms with Crippen molar-refractivity contribution < 1.29 is 9.59 Å². The standard InChI is InChI=1S/C15H16N4O2/c1-9-4-3-5-11(6-9)18-14(20)12-13-15(21)17-10(2)7-19(13)8-16-12/h3-6,8,10H,7H2,1-2H3,(H,17,21)(H,18,20)/t10-/m0/s1. The number of anilines is 1. The molecule has 3 rings (SSSR count). The first-order valence-electron chi connectivity index (χ1n) is 6.78. The second kappa shape index (κ2) is 5.05. The van der Waals surface area contributed by atoms with Crippen molar-refractivity contribution in [2.45, 2.75) is 26.4 Å². The van der Waals surface area contributed by atoms with Gasteiger partial charge in [0.05, 0.1) is 6.33 Å². The summed E-state index contributed by atoms with van der Waals surface area (Å²) >= 11 is 0. The van der Waals surface area contributed by atoms with Crippen molar-refractivity contribution in [3.8, 4) is 0 Å². The molecule has 108 valence electrons. The van der Waals surface area contributed by atoms with Crippen LogP contribution in [0.5, 0.6) is 0 Å². The van der Waals surface area contributed by atoms with Gasteiger partial charge in [-0.2, -0.15) is 0 Å². The predicted octanol–water partition coefficient (Wildman–Crippen LogP) is 1.58. The lowest BCUT2D eigenvalue weighted by atomic mass is 10.2. The van der Waals surface area contributed by atoms with E-state index < -0.39 is 0 Å². The van der Waals surface area contributed by atoms with E-state index in [9.17, 15) is 9.59 Å². The van der Waals surface area contributed by atoms with Gasteiger partial charge in [0, 0.05) is 18.3 Å². The number of amides is 2. The average molecular weight is 284 g/mol. The first-order valence-corrected chi connectivity index (χ1v) is 6.78. The minimum absolute atomic E-state index is 0.0342. The van der Waals surface area contributed by atoms with Gasteiger partial charge in [0.1, 0.15) is 5.69 Å². The van der Waals surface area contributed by atoms with Gasteiger partial charge in [0.2, 0.25) is 0 Å². The Labute approximate surface area is 122 Å². The van der Waals surface area contributed by atoms with Crippen LogP contribution in [-0.4, -0.2) is 27.4 Å². The van der Waals surface area contributed by atoms with E-state index in [4.69, 9.17) is 0 Å². The van der Waals surface area contributed by atoms with Crippen LogP contribution in [0, 0.1) is 6.92 Å². The summed E-state index contributed by atoms with van der Waals surface area (Å²) in [7, 11) is 0. The molecule has 0 radical (unpaired) electrons. The van der Waals surface area contributed by atoms with Gasteiger partial charge < -0.3 is 15.2 Å². The van der Waals surface area contributed by atoms with Crippen LogP contribution in [0.25, 0.3) is 0 Å². The van der Waals surface area contributed by atoms with Crippen molar-refractivity contribution in [1.82, 2.24) is 14.9 Å². The molecule has 2 N–H and O–H groups in total. The first kappa shape index (κ1) is 13.4. The van der Waals surface area contributed by atoms with Gasteiger partial charge in [-0.15, -0.1) is 0 Å². The van der Waals surface area contributed by atoms with Gasteiger partial charge in [-0.25, -0.2) is 4.98 Å². The third kappa shape index (κ3) is 2.52. The molecule has 1 aromatic heterocycles. The molecular formula is C15H16N4O2. The summed E-state index contributed by atoms with van der Waals surface area (Å²) in [5.74, 6) is -0.639. The summed E-state index contributed by atoms with van der Waals surface area (Å²) in [6, 6.07) is 7.51. The molecule has 0 bridgehead atoms. The highest BCUT2D eigenvalue weighted by atomic mass is 16.2. The number of rotatable bonds is 2. The number of aromatic nitrogens is 2. The lowest BCUT2D eigenvalue weighted by molar-refractivity contribution is 0.0895. The number of hydrogen-bond donors (Lipinski definition) is 2. The van der Waals surface area contributed by atoms with Crippen molar-refractivity contribution >= 4 is 17.5 Å². The number of nitrogens with zero attached hydrogens (tertiary/aromatic N) is 2. The smallest absolute Gasteiger partial charge is 0.276 e. The lowest BCUT2D eigenvalue weighted by Gasteiger charge is -2.22. The molecule has 0 aliphatic carbocycles. The largest absolute Gasteiger partial charge is 0.346 e. The molecule has 21 heavy (non-hydrogen) atoms. The Bertz CT molecular complexity index is 720. The minimum Gasteiger partial charge on any atom is -0.346 e. The monoisotopic (exact) mass is 284 g/mol. The SMILES string of the molecule is Cc1cccc(NC(=O)c2ncn3c2C(=O)N[C@@H](C)C3)c1. The molecular weight excluding hydrogens is 268 g/mol. The molecule has 0 fully saturated rings. The van der Waals surface area contributed by atoms with Gasteiger partial charge in [-0.3, -0.25) is 9.59 Å². The molecule has 1 atom stereocenters. The van der Waals surface area contributed by atoms with E-state index in [1.54, 1.807) is 10.6 Å². The van der Waals surface area contributed by atoms with Gasteiger partial charge in [-0.05, 0) is 31.5 Å². The highest BCUT2D eigenvalue weighted by Gasteiger charge is 2.28. The van der Waals surface area contributed by atoms with Gasteiger partial charge >= 0.3 is 0 Å². The van der Waals surface area contributed by atoms with Gasteiger partial charge in [-0.1, -0.05) is 12.1 Å². The molecule has 2 aromatic rings. The summed E-state index contributed by atoms with van der Waals surface area (Å²) < 4.78 is 1.72. The highest BCUT2D eigenvalue weighted by molar-refractivity contribution is 6.10. The van der Waals surface area contributed by atoms with E-state index >= 15 is 0 Å². The Kier molecular flexibility index (Phi) is 3.21. The number of benzene rings is 1. The molecule has 0 saturated carbocycles. The molecule has 2 heterocycles. The van der Waals surface area contributed by atoms with E-state index in [2.05, 4.69) is 15.6 Å². The van der Waals surface area contributed by atoms with Crippen molar-refractivity contribution in [3.63, 3.8) is 0 Å². The normalized spacial score (nSPS) is 17.0. The minimum atomic E-state index is -0.376. The molecule has 1 aromatic carbocycles. The maximum Gasteiger partial charge on any atom is 0.276 e. The second-order valence-corrected chi connectivity index (χ2v) is 5.29. The zero-order chi connectivity index (χ0) is 15.0. The van der Waals surface area contributed by atoms with Crippen LogP contribution in [0.2, 0.25) is 0 Å². The number of carbonyl (C=O) groups is 2. The van der Waals surface area contributed by atoms with Crippen LogP contribution in [0.3, 0.4) is 0 Å². The third-order valence-corrected chi connectivity index (χ3v) is 3.39. The zero-order valence-corrected chi connectivity index (χ0v) is 11.9. The Morgan fingerprint density at radius 2 is 2.29 bits per heavy atom. The van der Waals surface area contributed by atoms with Gasteiger partial charge in [0.25, 0.3) is 11.8 Å².